The number of aliphatic hydroxyl groups is 1. The van der Waals surface area contributed by atoms with E-state index >= 15 is 0 Å². The maximum atomic E-state index is 12.2. The molecule has 0 spiro atoms. The van der Waals surface area contributed by atoms with E-state index < -0.39 is 60.7 Å². The monoisotopic (exact) mass is 579 g/mol. The zero-order valence-electron chi connectivity index (χ0n) is 23.8. The van der Waals surface area contributed by atoms with Gasteiger partial charge < -0.3 is 28.8 Å². The van der Waals surface area contributed by atoms with Gasteiger partial charge >= 0.3 is 23.9 Å². The molecule has 1 unspecified atom stereocenters. The molecule has 42 heavy (non-hydrogen) atoms. The van der Waals surface area contributed by atoms with E-state index in [9.17, 15) is 29.5 Å². The highest BCUT2D eigenvalue weighted by molar-refractivity contribution is 5.69. The fourth-order valence-corrected chi connectivity index (χ4v) is 5.13. The minimum atomic E-state index is -2.48. The quantitative estimate of drug-likeness (QED) is 0.344. The summed E-state index contributed by atoms with van der Waals surface area (Å²) in [4.78, 5) is 48.0. The summed E-state index contributed by atoms with van der Waals surface area (Å²) in [5.74, 6) is -5.01. The van der Waals surface area contributed by atoms with E-state index in [0.29, 0.717) is 23.5 Å². The maximum Gasteiger partial charge on any atom is 0.303 e. The summed E-state index contributed by atoms with van der Waals surface area (Å²) >= 11 is 0. The van der Waals surface area contributed by atoms with Crippen LogP contribution in [0.1, 0.15) is 74.3 Å². The molecule has 2 aromatic rings. The van der Waals surface area contributed by atoms with Gasteiger partial charge in [0.05, 0.1) is 11.6 Å². The lowest BCUT2D eigenvalue weighted by molar-refractivity contribution is -0.360. The van der Waals surface area contributed by atoms with Crippen LogP contribution in [0.3, 0.4) is 0 Å². The molecule has 11 nitrogen and oxygen atoms in total. The molecule has 0 radical (unpaired) electrons. The van der Waals surface area contributed by atoms with Crippen LogP contribution in [0.5, 0.6) is 0 Å². The molecule has 0 amide bonds. The van der Waals surface area contributed by atoms with Crippen molar-refractivity contribution in [1.29, 1.82) is 5.26 Å². The van der Waals surface area contributed by atoms with Crippen molar-refractivity contribution in [1.82, 2.24) is 0 Å². The third kappa shape index (κ3) is 7.13. The number of benzene rings is 2. The average molecular weight is 580 g/mol. The Balaban J connectivity index is 1.79. The summed E-state index contributed by atoms with van der Waals surface area (Å²) in [5.41, 5.74) is 3.17. The molecule has 1 aliphatic carbocycles. The van der Waals surface area contributed by atoms with Crippen LogP contribution in [0.4, 0.5) is 0 Å². The normalized spacial score (nSPS) is 25.0. The molecule has 4 rings (SSSR count). The highest BCUT2D eigenvalue weighted by Crippen LogP contribution is 2.42. The smallest absolute Gasteiger partial charge is 0.303 e. The molecule has 2 aromatic carbocycles. The second-order valence-electron chi connectivity index (χ2n) is 10.5. The predicted molar refractivity (Wildman–Crippen MR) is 144 cm³/mol. The molecule has 1 saturated heterocycles. The Hall–Kier alpha value is -4.27. The Morgan fingerprint density at radius 1 is 0.905 bits per heavy atom. The van der Waals surface area contributed by atoms with Crippen LogP contribution >= 0.6 is 0 Å². The highest BCUT2D eigenvalue weighted by Gasteiger charge is 2.60. The van der Waals surface area contributed by atoms with Crippen LogP contribution in [0.2, 0.25) is 0 Å². The summed E-state index contributed by atoms with van der Waals surface area (Å²) in [6, 6.07) is 14.7. The molecule has 5 atom stereocenters. The highest BCUT2D eigenvalue weighted by atomic mass is 16.7. The Labute approximate surface area is 243 Å². The van der Waals surface area contributed by atoms with Gasteiger partial charge in [0.25, 0.3) is 0 Å². The van der Waals surface area contributed by atoms with E-state index in [1.807, 2.05) is 12.1 Å². The first-order chi connectivity index (χ1) is 19.9. The van der Waals surface area contributed by atoms with Gasteiger partial charge in [-0.15, -0.1) is 0 Å². The van der Waals surface area contributed by atoms with E-state index in [2.05, 4.69) is 18.2 Å². The summed E-state index contributed by atoms with van der Waals surface area (Å²) in [6.45, 7) is 3.97. The number of nitrogens with zero attached hydrogens (tertiary/aromatic N) is 1. The van der Waals surface area contributed by atoms with E-state index in [4.69, 9.17) is 23.7 Å². The summed E-state index contributed by atoms with van der Waals surface area (Å²) in [7, 11) is 0. The van der Waals surface area contributed by atoms with Crippen molar-refractivity contribution < 1.29 is 48.0 Å². The SMILES string of the molecule is CC(=O)OC[C@H]1OC(O)(c2ccc(C#N)c(Cc3ccc(C4CC4)cc3)c2)[C@H](OC(C)=O)[C@@H](OC(C)=O)[C@@H]1OC(C)=O. The first kappa shape index (κ1) is 30.7. The molecule has 0 bridgehead atoms. The number of hydrogen-bond acceptors (Lipinski definition) is 11. The van der Waals surface area contributed by atoms with Crippen LogP contribution in [-0.2, 0) is 55.1 Å². The molecule has 222 valence electrons. The van der Waals surface area contributed by atoms with Gasteiger partial charge in [-0.2, -0.15) is 5.26 Å². The molecule has 1 heterocycles. The van der Waals surface area contributed by atoms with Crippen LogP contribution < -0.4 is 0 Å². The summed E-state index contributed by atoms with van der Waals surface area (Å²) < 4.78 is 27.4. The minimum Gasteiger partial charge on any atom is -0.463 e. The summed E-state index contributed by atoms with van der Waals surface area (Å²) in [6.07, 6.45) is -3.33. The van der Waals surface area contributed by atoms with Gasteiger partial charge in [0.2, 0.25) is 11.9 Å². The standard InChI is InChI=1S/C31H33NO10/c1-17(33)38-16-27-28(39-18(2)34)29(40-19(3)35)30(41-20(4)36)31(37,42-27)26-12-11-24(15-32)25(14-26)13-21-5-7-22(8-6-21)23-9-10-23/h5-8,11-12,14,23,27-30,37H,9-10,13,16H2,1-4H3/t27-,28-,29+,30-,31?/m1/s1. The van der Waals surface area contributed by atoms with Gasteiger partial charge in [-0.3, -0.25) is 19.2 Å². The zero-order chi connectivity index (χ0) is 30.6. The van der Waals surface area contributed by atoms with Crippen LogP contribution in [0.25, 0.3) is 0 Å². The summed E-state index contributed by atoms with van der Waals surface area (Å²) in [5, 5.41) is 21.9. The second kappa shape index (κ2) is 12.7. The number of hydrogen-bond donors (Lipinski definition) is 1. The van der Waals surface area contributed by atoms with Crippen molar-refractivity contribution in [2.45, 2.75) is 83.1 Å². The third-order valence-electron chi connectivity index (χ3n) is 7.12. The van der Waals surface area contributed by atoms with Crippen LogP contribution in [-0.4, -0.2) is 60.0 Å². The predicted octanol–water partition coefficient (Wildman–Crippen LogP) is 2.93. The number of esters is 4. The Kier molecular flexibility index (Phi) is 9.29. The fraction of sp³-hybridized carbons (Fsp3) is 0.452. The number of carbonyl (C=O) groups is 4. The Morgan fingerprint density at radius 3 is 2.07 bits per heavy atom. The molecule has 0 aromatic heterocycles. The van der Waals surface area contributed by atoms with E-state index in [0.717, 1.165) is 33.3 Å². The van der Waals surface area contributed by atoms with Gasteiger partial charge in [0.1, 0.15) is 12.7 Å². The lowest BCUT2D eigenvalue weighted by Gasteiger charge is -2.48. The van der Waals surface area contributed by atoms with Crippen molar-refractivity contribution in [3.63, 3.8) is 0 Å². The molecule has 2 aliphatic rings. The second-order valence-corrected chi connectivity index (χ2v) is 10.5. The third-order valence-corrected chi connectivity index (χ3v) is 7.12. The zero-order valence-corrected chi connectivity index (χ0v) is 23.8. The van der Waals surface area contributed by atoms with Gasteiger partial charge in [0, 0.05) is 33.3 Å². The van der Waals surface area contributed by atoms with Crippen molar-refractivity contribution in [2.75, 3.05) is 6.61 Å². The number of rotatable bonds is 9. The number of ether oxygens (including phenoxy) is 5. The molecule has 1 saturated carbocycles. The van der Waals surface area contributed by atoms with Gasteiger partial charge in [0.15, 0.2) is 12.2 Å². The van der Waals surface area contributed by atoms with Crippen molar-refractivity contribution in [3.05, 3.63) is 70.3 Å². The number of nitriles is 1. The lowest BCUT2D eigenvalue weighted by Crippen LogP contribution is -2.66. The lowest BCUT2D eigenvalue weighted by atomic mass is 9.85. The molecular formula is C31H33NO10. The van der Waals surface area contributed by atoms with E-state index in [-0.39, 0.29) is 5.56 Å². The molecular weight excluding hydrogens is 546 g/mol. The van der Waals surface area contributed by atoms with Crippen molar-refractivity contribution in [2.24, 2.45) is 0 Å². The van der Waals surface area contributed by atoms with Gasteiger partial charge in [-0.05, 0) is 54.0 Å². The minimum absolute atomic E-state index is 0.0728. The fourth-order valence-electron chi connectivity index (χ4n) is 5.13. The van der Waals surface area contributed by atoms with Crippen molar-refractivity contribution in [3.8, 4) is 6.07 Å². The van der Waals surface area contributed by atoms with E-state index in [1.165, 1.54) is 30.5 Å². The van der Waals surface area contributed by atoms with Crippen LogP contribution in [0.15, 0.2) is 42.5 Å². The topological polar surface area (TPSA) is 158 Å². The Morgan fingerprint density at radius 2 is 1.52 bits per heavy atom. The van der Waals surface area contributed by atoms with Crippen molar-refractivity contribution >= 4 is 23.9 Å². The maximum absolute atomic E-state index is 12.2. The van der Waals surface area contributed by atoms with Gasteiger partial charge in [-0.25, -0.2) is 0 Å². The average Bonchev–Trinajstić information content (AvgIpc) is 3.77. The van der Waals surface area contributed by atoms with Gasteiger partial charge in [-0.1, -0.05) is 30.3 Å². The van der Waals surface area contributed by atoms with Crippen LogP contribution in [0, 0.1) is 11.3 Å². The molecule has 1 aliphatic heterocycles. The van der Waals surface area contributed by atoms with E-state index in [1.54, 1.807) is 6.07 Å². The largest absolute Gasteiger partial charge is 0.463 e. The first-order valence-electron chi connectivity index (χ1n) is 13.6. The molecule has 1 N–H and O–H groups in total. The first-order valence-corrected chi connectivity index (χ1v) is 13.6. The molecule has 11 heteroatoms. The Bertz CT molecular complexity index is 1390. The molecule has 2 fully saturated rings. The number of carbonyl (C=O) groups excluding carboxylic acids is 4.